The molecule has 0 radical (unpaired) electrons. The Balaban J connectivity index is 2.07. The highest BCUT2D eigenvalue weighted by Gasteiger charge is 1.96. The number of rotatable bonds is 7. The first-order valence-electron chi connectivity index (χ1n) is 5.35. The van der Waals surface area contributed by atoms with E-state index in [1.807, 2.05) is 12.1 Å². The Morgan fingerprint density at radius 3 is 2.50 bits per heavy atom. The predicted octanol–water partition coefficient (Wildman–Crippen LogP) is 2.76. The van der Waals surface area contributed by atoms with Gasteiger partial charge in [0, 0.05) is 11.4 Å². The lowest BCUT2D eigenvalue weighted by Gasteiger charge is -2.05. The van der Waals surface area contributed by atoms with Crippen LogP contribution in [0.15, 0.2) is 24.3 Å². The molecule has 4 heteroatoms. The fourth-order valence-electron chi connectivity index (χ4n) is 1.30. The average Bonchev–Trinajstić information content (AvgIpc) is 2.25. The van der Waals surface area contributed by atoms with Crippen molar-refractivity contribution in [3.63, 3.8) is 0 Å². The van der Waals surface area contributed by atoms with E-state index in [4.69, 9.17) is 22.1 Å². The lowest BCUT2D eigenvalue weighted by molar-refractivity contribution is -0.118. The minimum Gasteiger partial charge on any atom is -0.494 e. The van der Waals surface area contributed by atoms with E-state index in [1.54, 1.807) is 12.1 Å². The molecule has 0 bridgehead atoms. The van der Waals surface area contributed by atoms with Gasteiger partial charge in [-0.1, -0.05) is 11.6 Å². The number of carbonyl (C=O) groups excluding carboxylic acids is 1. The maximum atomic E-state index is 10.5. The number of amides is 1. The Hall–Kier alpha value is -1.22. The van der Waals surface area contributed by atoms with Crippen molar-refractivity contribution in [1.29, 1.82) is 0 Å². The second-order valence-corrected chi connectivity index (χ2v) is 4.02. The topological polar surface area (TPSA) is 52.3 Å². The van der Waals surface area contributed by atoms with Crippen molar-refractivity contribution in [1.82, 2.24) is 0 Å². The summed E-state index contributed by atoms with van der Waals surface area (Å²) in [6, 6.07) is 7.27. The van der Waals surface area contributed by atoms with Crippen LogP contribution in [0.1, 0.15) is 25.7 Å². The Labute approximate surface area is 101 Å². The average molecular weight is 242 g/mol. The number of ether oxygens (including phenoxy) is 1. The summed E-state index contributed by atoms with van der Waals surface area (Å²) in [4.78, 5) is 10.5. The van der Waals surface area contributed by atoms with Crippen molar-refractivity contribution in [2.45, 2.75) is 25.7 Å². The molecular weight excluding hydrogens is 226 g/mol. The molecule has 2 N–H and O–H groups in total. The third-order valence-corrected chi connectivity index (χ3v) is 2.40. The minimum atomic E-state index is -0.237. The molecule has 0 aliphatic carbocycles. The number of nitrogens with two attached hydrogens (primary N) is 1. The smallest absolute Gasteiger partial charge is 0.217 e. The van der Waals surface area contributed by atoms with E-state index in [2.05, 4.69) is 0 Å². The maximum absolute atomic E-state index is 10.5. The van der Waals surface area contributed by atoms with Crippen molar-refractivity contribution < 1.29 is 9.53 Å². The standard InChI is InChI=1S/C12H16ClNO2/c13-10-5-7-11(8-6-10)16-9-3-1-2-4-12(14)15/h5-8H,1-4,9H2,(H2,14,15). The summed E-state index contributed by atoms with van der Waals surface area (Å²) < 4.78 is 5.49. The molecule has 0 heterocycles. The highest BCUT2D eigenvalue weighted by Crippen LogP contribution is 2.15. The van der Waals surface area contributed by atoms with Crippen LogP contribution >= 0.6 is 11.6 Å². The van der Waals surface area contributed by atoms with Crippen LogP contribution in [0.4, 0.5) is 0 Å². The summed E-state index contributed by atoms with van der Waals surface area (Å²) >= 11 is 5.74. The number of unbranched alkanes of at least 4 members (excludes halogenated alkanes) is 2. The second kappa shape index (κ2) is 7.12. The summed E-state index contributed by atoms with van der Waals surface area (Å²) in [7, 11) is 0. The molecule has 1 amide bonds. The van der Waals surface area contributed by atoms with Gasteiger partial charge in [0.05, 0.1) is 6.61 Å². The Bertz CT molecular complexity index is 324. The summed E-state index contributed by atoms with van der Waals surface area (Å²) in [6.07, 6.45) is 3.17. The first-order valence-corrected chi connectivity index (χ1v) is 5.73. The third-order valence-electron chi connectivity index (χ3n) is 2.15. The van der Waals surface area contributed by atoms with Gasteiger partial charge >= 0.3 is 0 Å². The van der Waals surface area contributed by atoms with E-state index in [9.17, 15) is 4.79 Å². The van der Waals surface area contributed by atoms with Gasteiger partial charge < -0.3 is 10.5 Å². The van der Waals surface area contributed by atoms with Crippen molar-refractivity contribution in [3.8, 4) is 5.75 Å². The van der Waals surface area contributed by atoms with E-state index in [1.165, 1.54) is 0 Å². The molecule has 3 nitrogen and oxygen atoms in total. The van der Waals surface area contributed by atoms with Crippen molar-refractivity contribution in [3.05, 3.63) is 29.3 Å². The molecular formula is C12H16ClNO2. The molecule has 0 unspecified atom stereocenters. The van der Waals surface area contributed by atoms with Gasteiger partial charge in [-0.05, 0) is 43.5 Å². The lowest BCUT2D eigenvalue weighted by atomic mass is 10.2. The summed E-state index contributed by atoms with van der Waals surface area (Å²) in [6.45, 7) is 0.653. The monoisotopic (exact) mass is 241 g/mol. The Morgan fingerprint density at radius 1 is 1.19 bits per heavy atom. The zero-order valence-electron chi connectivity index (χ0n) is 9.12. The molecule has 0 atom stereocenters. The number of hydrogen-bond donors (Lipinski definition) is 1. The van der Waals surface area contributed by atoms with Crippen molar-refractivity contribution in [2.24, 2.45) is 5.73 Å². The van der Waals surface area contributed by atoms with Crippen LogP contribution in [0.2, 0.25) is 5.02 Å². The molecule has 0 saturated carbocycles. The molecule has 0 fully saturated rings. The quantitative estimate of drug-likeness (QED) is 0.747. The number of hydrogen-bond acceptors (Lipinski definition) is 2. The molecule has 1 rings (SSSR count). The van der Waals surface area contributed by atoms with E-state index >= 15 is 0 Å². The SMILES string of the molecule is NC(=O)CCCCCOc1ccc(Cl)cc1. The van der Waals surface area contributed by atoms with Crippen LogP contribution in [0.3, 0.4) is 0 Å². The third kappa shape index (κ3) is 5.61. The molecule has 0 saturated heterocycles. The number of benzene rings is 1. The zero-order chi connectivity index (χ0) is 11.8. The fraction of sp³-hybridized carbons (Fsp3) is 0.417. The molecule has 1 aromatic rings. The van der Waals surface area contributed by atoms with E-state index < -0.39 is 0 Å². The zero-order valence-corrected chi connectivity index (χ0v) is 9.87. The van der Waals surface area contributed by atoms with Crippen LogP contribution in [0.5, 0.6) is 5.75 Å². The van der Waals surface area contributed by atoms with Gasteiger partial charge in [0.15, 0.2) is 0 Å². The molecule has 88 valence electrons. The summed E-state index contributed by atoms with van der Waals surface area (Å²) in [5, 5.41) is 0.703. The highest BCUT2D eigenvalue weighted by atomic mass is 35.5. The minimum absolute atomic E-state index is 0.237. The van der Waals surface area contributed by atoms with Crippen molar-refractivity contribution >= 4 is 17.5 Å². The normalized spacial score (nSPS) is 10.1. The van der Waals surface area contributed by atoms with Gasteiger partial charge in [0.1, 0.15) is 5.75 Å². The second-order valence-electron chi connectivity index (χ2n) is 3.58. The van der Waals surface area contributed by atoms with Gasteiger partial charge in [-0.3, -0.25) is 4.79 Å². The lowest BCUT2D eigenvalue weighted by Crippen LogP contribution is -2.09. The van der Waals surface area contributed by atoms with Gasteiger partial charge in [-0.25, -0.2) is 0 Å². The summed E-state index contributed by atoms with van der Waals surface area (Å²) in [5.74, 6) is 0.581. The molecule has 0 aliphatic rings. The fourth-order valence-corrected chi connectivity index (χ4v) is 1.42. The molecule has 16 heavy (non-hydrogen) atoms. The van der Waals surface area contributed by atoms with Crippen LogP contribution in [0.25, 0.3) is 0 Å². The van der Waals surface area contributed by atoms with E-state index in [-0.39, 0.29) is 5.91 Å². The van der Waals surface area contributed by atoms with Crippen LogP contribution in [-0.4, -0.2) is 12.5 Å². The molecule has 1 aromatic carbocycles. The Morgan fingerprint density at radius 2 is 1.88 bits per heavy atom. The van der Waals surface area contributed by atoms with Crippen LogP contribution in [0, 0.1) is 0 Å². The van der Waals surface area contributed by atoms with Crippen LogP contribution in [-0.2, 0) is 4.79 Å². The van der Waals surface area contributed by atoms with Crippen LogP contribution < -0.4 is 10.5 Å². The van der Waals surface area contributed by atoms with Gasteiger partial charge in [0.25, 0.3) is 0 Å². The van der Waals surface area contributed by atoms with E-state index in [0.29, 0.717) is 18.1 Å². The van der Waals surface area contributed by atoms with Gasteiger partial charge in [0.2, 0.25) is 5.91 Å². The molecule has 0 spiro atoms. The highest BCUT2D eigenvalue weighted by molar-refractivity contribution is 6.30. The maximum Gasteiger partial charge on any atom is 0.217 e. The van der Waals surface area contributed by atoms with Gasteiger partial charge in [-0.2, -0.15) is 0 Å². The Kier molecular flexibility index (Phi) is 5.72. The molecule has 0 aromatic heterocycles. The predicted molar refractivity (Wildman–Crippen MR) is 64.6 cm³/mol. The summed E-state index contributed by atoms with van der Waals surface area (Å²) in [5.41, 5.74) is 5.03. The number of primary amides is 1. The largest absolute Gasteiger partial charge is 0.494 e. The first-order chi connectivity index (χ1) is 7.68. The number of halogens is 1. The molecule has 0 aliphatic heterocycles. The van der Waals surface area contributed by atoms with Gasteiger partial charge in [-0.15, -0.1) is 0 Å². The van der Waals surface area contributed by atoms with Crippen molar-refractivity contribution in [2.75, 3.05) is 6.61 Å². The number of carbonyl (C=O) groups is 1. The van der Waals surface area contributed by atoms with E-state index in [0.717, 1.165) is 25.0 Å². The first kappa shape index (κ1) is 12.8.